The maximum absolute atomic E-state index is 12.2. The van der Waals surface area contributed by atoms with Crippen LogP contribution < -0.4 is 5.32 Å². The van der Waals surface area contributed by atoms with Crippen molar-refractivity contribution in [2.24, 2.45) is 0 Å². The van der Waals surface area contributed by atoms with Crippen LogP contribution in [0.15, 0.2) is 24.5 Å². The predicted molar refractivity (Wildman–Crippen MR) is 103 cm³/mol. The minimum atomic E-state index is 0.229. The normalized spacial score (nSPS) is 20.6. The molecule has 1 aliphatic heterocycles. The summed E-state index contributed by atoms with van der Waals surface area (Å²) < 4.78 is 6.01. The summed E-state index contributed by atoms with van der Waals surface area (Å²) in [7, 11) is 0. The number of carbonyl (C=O) groups excluding carboxylic acids is 1. The number of hydrogen-bond donors (Lipinski definition) is 1. The van der Waals surface area contributed by atoms with Crippen LogP contribution in [0.1, 0.15) is 63.4 Å². The molecular formula is C21H33N3O2. The highest BCUT2D eigenvalue weighted by Gasteiger charge is 2.21. The molecule has 0 bridgehead atoms. The average Bonchev–Trinajstić information content (AvgIpc) is 2.95. The second-order valence-electron chi connectivity index (χ2n) is 7.72. The first-order valence-corrected chi connectivity index (χ1v) is 10.3. The van der Waals surface area contributed by atoms with E-state index < -0.39 is 0 Å². The monoisotopic (exact) mass is 359 g/mol. The molecule has 1 aromatic rings. The number of nitrogens with zero attached hydrogens (tertiary/aromatic N) is 2. The van der Waals surface area contributed by atoms with Crippen LogP contribution in [0.2, 0.25) is 0 Å². The van der Waals surface area contributed by atoms with Crippen molar-refractivity contribution in [2.75, 3.05) is 19.6 Å². The van der Waals surface area contributed by atoms with Crippen molar-refractivity contribution in [3.05, 3.63) is 30.1 Å². The van der Waals surface area contributed by atoms with Crippen molar-refractivity contribution in [2.45, 2.75) is 76.5 Å². The first-order chi connectivity index (χ1) is 12.8. The van der Waals surface area contributed by atoms with Gasteiger partial charge in [0.15, 0.2) is 0 Å². The first kappa shape index (κ1) is 19.3. The molecule has 0 spiro atoms. The standard InChI is InChI=1S/C21H33N3O2/c25-21(23-19-7-3-1-2-4-8-19)11-15-24-13-9-20(10-14-24)26-17-18-6-5-12-22-16-18/h5-6,12,16,19-20H,1-4,7-11,13-15,17H2,(H,23,25). The number of likely N-dealkylation sites (tertiary alicyclic amines) is 1. The summed E-state index contributed by atoms with van der Waals surface area (Å²) in [6.07, 6.45) is 14.2. The molecule has 26 heavy (non-hydrogen) atoms. The van der Waals surface area contributed by atoms with E-state index in [0.29, 0.717) is 25.2 Å². The van der Waals surface area contributed by atoms with Gasteiger partial charge in [0.25, 0.3) is 0 Å². The molecule has 2 aliphatic rings. The average molecular weight is 360 g/mol. The molecule has 1 saturated heterocycles. The van der Waals surface area contributed by atoms with E-state index in [2.05, 4.69) is 21.3 Å². The van der Waals surface area contributed by atoms with Gasteiger partial charge in [-0.3, -0.25) is 9.78 Å². The third-order valence-electron chi connectivity index (χ3n) is 5.62. The Balaban J connectivity index is 1.28. The maximum atomic E-state index is 12.2. The SMILES string of the molecule is O=C(CCN1CCC(OCc2cccnc2)CC1)NC1CCCCCC1. The molecule has 0 radical (unpaired) electrons. The summed E-state index contributed by atoms with van der Waals surface area (Å²) in [4.78, 5) is 18.7. The Labute approximate surface area is 157 Å². The predicted octanol–water partition coefficient (Wildman–Crippen LogP) is 3.29. The maximum Gasteiger partial charge on any atom is 0.221 e. The van der Waals surface area contributed by atoms with E-state index in [-0.39, 0.29) is 5.91 Å². The van der Waals surface area contributed by atoms with E-state index in [9.17, 15) is 4.79 Å². The van der Waals surface area contributed by atoms with E-state index in [1.165, 1.54) is 25.7 Å². The van der Waals surface area contributed by atoms with Crippen molar-refractivity contribution in [3.8, 4) is 0 Å². The van der Waals surface area contributed by atoms with Crippen LogP contribution in [-0.4, -0.2) is 47.6 Å². The van der Waals surface area contributed by atoms with Gasteiger partial charge in [0.1, 0.15) is 0 Å². The Hall–Kier alpha value is -1.46. The number of ether oxygens (including phenoxy) is 1. The lowest BCUT2D eigenvalue weighted by Crippen LogP contribution is -2.40. The third-order valence-corrected chi connectivity index (χ3v) is 5.62. The molecule has 1 N–H and O–H groups in total. The summed E-state index contributed by atoms with van der Waals surface area (Å²) in [6.45, 7) is 3.55. The Morgan fingerprint density at radius 1 is 1.15 bits per heavy atom. The van der Waals surface area contributed by atoms with E-state index in [1.807, 2.05) is 12.3 Å². The van der Waals surface area contributed by atoms with Gasteiger partial charge in [-0.1, -0.05) is 31.7 Å². The molecule has 1 amide bonds. The zero-order valence-electron chi connectivity index (χ0n) is 15.9. The molecule has 0 atom stereocenters. The number of carbonyl (C=O) groups is 1. The van der Waals surface area contributed by atoms with Crippen LogP contribution in [0.4, 0.5) is 0 Å². The Morgan fingerprint density at radius 3 is 2.62 bits per heavy atom. The molecule has 1 aromatic heterocycles. The lowest BCUT2D eigenvalue weighted by Gasteiger charge is -2.31. The highest BCUT2D eigenvalue weighted by molar-refractivity contribution is 5.76. The van der Waals surface area contributed by atoms with Gasteiger partial charge < -0.3 is 15.0 Å². The molecule has 144 valence electrons. The van der Waals surface area contributed by atoms with Crippen LogP contribution in [0.25, 0.3) is 0 Å². The second-order valence-corrected chi connectivity index (χ2v) is 7.72. The summed E-state index contributed by atoms with van der Waals surface area (Å²) in [5, 5.41) is 3.25. The highest BCUT2D eigenvalue weighted by atomic mass is 16.5. The second kappa shape index (κ2) is 10.6. The van der Waals surface area contributed by atoms with Crippen molar-refractivity contribution in [3.63, 3.8) is 0 Å². The van der Waals surface area contributed by atoms with Gasteiger partial charge in [0.05, 0.1) is 12.7 Å². The number of hydrogen-bond acceptors (Lipinski definition) is 4. The molecule has 5 heteroatoms. The molecule has 2 heterocycles. The largest absolute Gasteiger partial charge is 0.373 e. The molecule has 1 aliphatic carbocycles. The van der Waals surface area contributed by atoms with Crippen LogP contribution in [0.5, 0.6) is 0 Å². The number of pyridine rings is 1. The van der Waals surface area contributed by atoms with Gasteiger partial charge in [0, 0.05) is 44.5 Å². The fraction of sp³-hybridized carbons (Fsp3) is 0.714. The van der Waals surface area contributed by atoms with Crippen LogP contribution in [0, 0.1) is 0 Å². The topological polar surface area (TPSA) is 54.5 Å². The summed E-state index contributed by atoms with van der Waals surface area (Å²) >= 11 is 0. The van der Waals surface area contributed by atoms with Crippen molar-refractivity contribution in [1.82, 2.24) is 15.2 Å². The molecule has 0 unspecified atom stereocenters. The van der Waals surface area contributed by atoms with E-state index >= 15 is 0 Å². The van der Waals surface area contributed by atoms with Gasteiger partial charge in [-0.05, 0) is 37.3 Å². The van der Waals surface area contributed by atoms with Crippen molar-refractivity contribution >= 4 is 5.91 Å². The van der Waals surface area contributed by atoms with Gasteiger partial charge in [0.2, 0.25) is 5.91 Å². The zero-order chi connectivity index (χ0) is 18.0. The van der Waals surface area contributed by atoms with E-state index in [4.69, 9.17) is 4.74 Å². The first-order valence-electron chi connectivity index (χ1n) is 10.3. The van der Waals surface area contributed by atoms with Crippen molar-refractivity contribution in [1.29, 1.82) is 0 Å². The van der Waals surface area contributed by atoms with Gasteiger partial charge in [-0.15, -0.1) is 0 Å². The van der Waals surface area contributed by atoms with Crippen molar-refractivity contribution < 1.29 is 9.53 Å². The zero-order valence-corrected chi connectivity index (χ0v) is 15.9. The molecule has 2 fully saturated rings. The number of amides is 1. The van der Waals surface area contributed by atoms with Crippen LogP contribution in [0.3, 0.4) is 0 Å². The minimum Gasteiger partial charge on any atom is -0.373 e. The quantitative estimate of drug-likeness (QED) is 0.759. The van der Waals surface area contributed by atoms with Crippen LogP contribution >= 0.6 is 0 Å². The van der Waals surface area contributed by atoms with E-state index in [0.717, 1.165) is 50.9 Å². The molecule has 5 nitrogen and oxygen atoms in total. The fourth-order valence-corrected chi connectivity index (χ4v) is 3.98. The Morgan fingerprint density at radius 2 is 1.92 bits per heavy atom. The highest BCUT2D eigenvalue weighted by Crippen LogP contribution is 2.18. The number of piperidine rings is 1. The molecule has 1 saturated carbocycles. The number of rotatable bonds is 7. The molecular weight excluding hydrogens is 326 g/mol. The lowest BCUT2D eigenvalue weighted by atomic mass is 10.1. The summed E-state index contributed by atoms with van der Waals surface area (Å²) in [6, 6.07) is 4.41. The molecule has 0 aromatic carbocycles. The Bertz CT molecular complexity index is 521. The van der Waals surface area contributed by atoms with Gasteiger partial charge >= 0.3 is 0 Å². The number of nitrogens with one attached hydrogen (secondary N) is 1. The lowest BCUT2D eigenvalue weighted by molar-refractivity contribution is -0.122. The van der Waals surface area contributed by atoms with E-state index in [1.54, 1.807) is 6.20 Å². The summed E-state index contributed by atoms with van der Waals surface area (Å²) in [5.41, 5.74) is 1.13. The van der Waals surface area contributed by atoms with Gasteiger partial charge in [-0.2, -0.15) is 0 Å². The number of aromatic nitrogens is 1. The minimum absolute atomic E-state index is 0.229. The van der Waals surface area contributed by atoms with Gasteiger partial charge in [-0.25, -0.2) is 0 Å². The van der Waals surface area contributed by atoms with Crippen LogP contribution in [-0.2, 0) is 16.1 Å². The molecule has 3 rings (SSSR count). The third kappa shape index (κ3) is 6.69. The Kier molecular flexibility index (Phi) is 7.89. The fourth-order valence-electron chi connectivity index (χ4n) is 3.98. The smallest absolute Gasteiger partial charge is 0.221 e. The summed E-state index contributed by atoms with van der Waals surface area (Å²) in [5.74, 6) is 0.229.